The van der Waals surface area contributed by atoms with Gasteiger partial charge in [-0.15, -0.1) is 0 Å². The summed E-state index contributed by atoms with van der Waals surface area (Å²) in [6.07, 6.45) is -4.34. The van der Waals surface area contributed by atoms with Crippen molar-refractivity contribution in [2.45, 2.75) is 71.4 Å². The molecule has 204 valence electrons. The van der Waals surface area contributed by atoms with Crippen LogP contribution in [0.15, 0.2) is 18.2 Å². The molecule has 1 aromatic carbocycles. The van der Waals surface area contributed by atoms with E-state index in [-0.39, 0.29) is 17.9 Å². The molecule has 0 fully saturated rings. The van der Waals surface area contributed by atoms with E-state index in [1.54, 1.807) is 24.0 Å². The van der Waals surface area contributed by atoms with Gasteiger partial charge in [0, 0.05) is 24.2 Å². The molecule has 12 nitrogen and oxygen atoms in total. The zero-order valence-electron chi connectivity index (χ0n) is 21.3. The van der Waals surface area contributed by atoms with Gasteiger partial charge in [0.1, 0.15) is 31.5 Å². The molecule has 0 spiro atoms. The molecule has 0 aliphatic rings. The van der Waals surface area contributed by atoms with Crippen LogP contribution in [0.3, 0.4) is 0 Å². The molecule has 0 aromatic heterocycles. The normalized spacial score (nSPS) is 14.4. The quantitative estimate of drug-likeness (QED) is 0.164. The van der Waals surface area contributed by atoms with E-state index in [2.05, 4.69) is 5.48 Å². The largest absolute Gasteiger partial charge is 0.393 e. The second-order valence-corrected chi connectivity index (χ2v) is 8.64. The lowest BCUT2D eigenvalue weighted by Gasteiger charge is -2.23. The lowest BCUT2D eigenvalue weighted by molar-refractivity contribution is -0.146. The average molecular weight is 514 g/mol. The minimum Gasteiger partial charge on any atom is -0.393 e. The summed E-state index contributed by atoms with van der Waals surface area (Å²) >= 11 is 0. The van der Waals surface area contributed by atoms with Crippen LogP contribution in [0.1, 0.15) is 66.3 Å². The Kier molecular flexibility index (Phi) is 14.1. The van der Waals surface area contributed by atoms with Crippen molar-refractivity contribution >= 4 is 17.7 Å². The summed E-state index contributed by atoms with van der Waals surface area (Å²) in [5.74, 6) is -1.45. The van der Waals surface area contributed by atoms with Crippen LogP contribution < -0.4 is 11.0 Å². The highest BCUT2D eigenvalue weighted by molar-refractivity contribution is 5.99. The van der Waals surface area contributed by atoms with Crippen LogP contribution in [0.25, 0.3) is 0 Å². The Balaban J connectivity index is 2.60. The fraction of sp³-hybridized carbons (Fsp3) is 0.625. The molecule has 12 heteroatoms. The third-order valence-corrected chi connectivity index (χ3v) is 4.99. The van der Waals surface area contributed by atoms with Crippen molar-refractivity contribution in [2.24, 2.45) is 0 Å². The minimum absolute atomic E-state index is 0.172. The van der Waals surface area contributed by atoms with Crippen molar-refractivity contribution in [3.05, 3.63) is 34.9 Å². The van der Waals surface area contributed by atoms with Gasteiger partial charge in [0.25, 0.3) is 11.8 Å². The minimum atomic E-state index is -1.71. The molecule has 2 unspecified atom stereocenters. The average Bonchev–Trinajstić information content (AvgIpc) is 2.81. The molecule has 1 rings (SSSR count). The van der Waals surface area contributed by atoms with E-state index in [9.17, 15) is 29.7 Å². The van der Waals surface area contributed by atoms with E-state index in [0.29, 0.717) is 24.2 Å². The predicted octanol–water partition coefficient (Wildman–Crippen LogP) is -0.180. The first-order chi connectivity index (χ1) is 17.0. The summed E-state index contributed by atoms with van der Waals surface area (Å²) in [6, 6.07) is 4.75. The summed E-state index contributed by atoms with van der Waals surface area (Å²) in [7, 11) is 0. The molecule has 1 aromatic rings. The van der Waals surface area contributed by atoms with Gasteiger partial charge in [-0.2, -0.15) is 0 Å². The first kappa shape index (κ1) is 31.4. The predicted molar refractivity (Wildman–Crippen MR) is 129 cm³/mol. The van der Waals surface area contributed by atoms with E-state index in [0.717, 1.165) is 12.8 Å². The molecule has 0 radical (unpaired) electrons. The van der Waals surface area contributed by atoms with Crippen molar-refractivity contribution in [1.82, 2.24) is 15.9 Å². The summed E-state index contributed by atoms with van der Waals surface area (Å²) in [5.41, 5.74) is 5.40. The Morgan fingerprint density at radius 2 is 1.42 bits per heavy atom. The zero-order valence-corrected chi connectivity index (χ0v) is 21.3. The van der Waals surface area contributed by atoms with Crippen LogP contribution in [0.5, 0.6) is 0 Å². The van der Waals surface area contributed by atoms with Crippen molar-refractivity contribution in [1.29, 1.82) is 0 Å². The number of carbonyl (C=O) groups is 3. The van der Waals surface area contributed by atoms with Crippen LogP contribution in [-0.2, 0) is 14.5 Å². The maximum Gasteiger partial charge on any atom is 0.274 e. The third-order valence-electron chi connectivity index (χ3n) is 4.99. The number of hydroxylamine groups is 2. The molecule has 0 saturated heterocycles. The van der Waals surface area contributed by atoms with Gasteiger partial charge in [0.05, 0.1) is 12.5 Å². The Morgan fingerprint density at radius 1 is 0.889 bits per heavy atom. The second kappa shape index (κ2) is 16.2. The zero-order chi connectivity index (χ0) is 27.3. The molecule has 0 aliphatic carbocycles. The van der Waals surface area contributed by atoms with Crippen LogP contribution in [-0.4, -0.2) is 93.8 Å². The summed E-state index contributed by atoms with van der Waals surface area (Å²) in [5, 5.41) is 39.0. The number of nitrogens with one attached hydrogen (secondary N) is 2. The van der Waals surface area contributed by atoms with Gasteiger partial charge in [-0.05, 0) is 50.5 Å². The van der Waals surface area contributed by atoms with Crippen molar-refractivity contribution < 1.29 is 44.5 Å². The lowest BCUT2D eigenvalue weighted by atomic mass is 10.0. The number of hydrogen-bond donors (Lipinski definition) is 6. The molecule has 0 heterocycles. The topological polar surface area (TPSA) is 178 Å². The SMILES string of the molecule is CCCN(CCC)C(=O)c1cc(C)cc(C(=O)NOC[C@H](O)[C@H](O)C(O)CONC(=O)CC(C)O)c1. The van der Waals surface area contributed by atoms with Crippen molar-refractivity contribution in [3.8, 4) is 0 Å². The molecular formula is C24H39N3O9. The number of rotatable bonds is 16. The Labute approximate surface area is 211 Å². The highest BCUT2D eigenvalue weighted by Gasteiger charge is 2.26. The Hall–Kier alpha value is -2.61. The number of hydrogen-bond acceptors (Lipinski definition) is 9. The monoisotopic (exact) mass is 513 g/mol. The van der Waals surface area contributed by atoms with Gasteiger partial charge in [0.15, 0.2) is 0 Å². The highest BCUT2D eigenvalue weighted by atomic mass is 16.7. The van der Waals surface area contributed by atoms with Crippen molar-refractivity contribution in [3.63, 3.8) is 0 Å². The van der Waals surface area contributed by atoms with E-state index in [4.69, 9.17) is 14.8 Å². The standard InChI is InChI=1S/C24H39N3O9/c1-5-7-27(8-6-2)24(34)18-10-15(3)9-17(12-18)23(33)26-36-14-20(30)22(32)19(29)13-35-25-21(31)11-16(4)28/h9-10,12,16,19-20,22,28-30,32H,5-8,11,13-14H2,1-4H3,(H,25,31)(H,26,33)/t16?,19?,20-,22+/m0/s1. The molecule has 4 atom stereocenters. The highest BCUT2D eigenvalue weighted by Crippen LogP contribution is 2.13. The fourth-order valence-corrected chi connectivity index (χ4v) is 3.30. The lowest BCUT2D eigenvalue weighted by Crippen LogP contribution is -2.44. The van der Waals surface area contributed by atoms with Gasteiger partial charge < -0.3 is 25.3 Å². The number of aryl methyl sites for hydroxylation is 1. The number of nitrogens with zero attached hydrogens (tertiary/aromatic N) is 1. The smallest absolute Gasteiger partial charge is 0.274 e. The van der Waals surface area contributed by atoms with Crippen LogP contribution in [0.2, 0.25) is 0 Å². The second-order valence-electron chi connectivity index (χ2n) is 8.64. The third kappa shape index (κ3) is 11.0. The summed E-state index contributed by atoms with van der Waals surface area (Å²) < 4.78 is 0. The number of aliphatic hydroxyl groups is 4. The van der Waals surface area contributed by atoms with E-state index >= 15 is 0 Å². The van der Waals surface area contributed by atoms with E-state index < -0.39 is 49.4 Å². The molecular weight excluding hydrogens is 474 g/mol. The maximum atomic E-state index is 12.9. The molecule has 0 aliphatic heterocycles. The van der Waals surface area contributed by atoms with Gasteiger partial charge in [-0.1, -0.05) is 13.8 Å². The first-order valence-electron chi connectivity index (χ1n) is 12.0. The Morgan fingerprint density at radius 3 is 1.94 bits per heavy atom. The van der Waals surface area contributed by atoms with E-state index in [1.807, 2.05) is 19.3 Å². The van der Waals surface area contributed by atoms with Gasteiger partial charge >= 0.3 is 0 Å². The van der Waals surface area contributed by atoms with Crippen molar-refractivity contribution in [2.75, 3.05) is 26.3 Å². The number of aliphatic hydroxyl groups excluding tert-OH is 4. The van der Waals surface area contributed by atoms with Gasteiger partial charge in [-0.3, -0.25) is 24.1 Å². The fourth-order valence-electron chi connectivity index (χ4n) is 3.30. The van der Waals surface area contributed by atoms with E-state index in [1.165, 1.54) is 13.0 Å². The molecule has 6 N–H and O–H groups in total. The molecule has 0 saturated carbocycles. The number of benzene rings is 1. The Bertz CT molecular complexity index is 844. The maximum absolute atomic E-state index is 12.9. The summed E-state index contributed by atoms with van der Waals surface area (Å²) in [6.45, 7) is 7.26. The van der Waals surface area contributed by atoms with Crippen LogP contribution in [0, 0.1) is 6.92 Å². The molecule has 0 bridgehead atoms. The van der Waals surface area contributed by atoms with Gasteiger partial charge in [0.2, 0.25) is 5.91 Å². The molecule has 36 heavy (non-hydrogen) atoms. The summed E-state index contributed by atoms with van der Waals surface area (Å²) in [4.78, 5) is 48.2. The van der Waals surface area contributed by atoms with Crippen LogP contribution in [0.4, 0.5) is 0 Å². The van der Waals surface area contributed by atoms with Gasteiger partial charge in [-0.25, -0.2) is 11.0 Å². The first-order valence-corrected chi connectivity index (χ1v) is 12.0. The molecule has 3 amide bonds. The number of carbonyl (C=O) groups excluding carboxylic acids is 3. The number of amides is 3. The van der Waals surface area contributed by atoms with Crippen LogP contribution >= 0.6 is 0 Å².